The summed E-state index contributed by atoms with van der Waals surface area (Å²) in [6.45, 7) is 0.808. The van der Waals surface area contributed by atoms with Crippen LogP contribution in [-0.4, -0.2) is 41.8 Å². The van der Waals surface area contributed by atoms with Crippen LogP contribution >= 0.6 is 0 Å². The van der Waals surface area contributed by atoms with E-state index < -0.39 is 17.2 Å². The summed E-state index contributed by atoms with van der Waals surface area (Å²) in [6, 6.07) is 0. The number of carboxylic acids is 1. The van der Waals surface area contributed by atoms with Gasteiger partial charge in [-0.1, -0.05) is 0 Å². The molecule has 2 fully saturated rings. The van der Waals surface area contributed by atoms with Crippen LogP contribution < -0.4 is 0 Å². The smallest absolute Gasteiger partial charge is 0.339 e. The van der Waals surface area contributed by atoms with Gasteiger partial charge in [-0.15, -0.1) is 0 Å². The zero-order chi connectivity index (χ0) is 9.53. The highest BCUT2D eigenvalue weighted by atomic mass is 16.6. The average Bonchev–Trinajstić information content (AvgIpc) is 1.91. The second-order valence-electron chi connectivity index (χ2n) is 3.34. The normalized spacial score (nSPS) is 43.1. The van der Waals surface area contributed by atoms with Gasteiger partial charge in [-0.25, -0.2) is 4.79 Å². The predicted octanol–water partition coefficient (Wildman–Crippen LogP) is -0.412. The van der Waals surface area contributed by atoms with Gasteiger partial charge in [0.15, 0.2) is 11.9 Å². The van der Waals surface area contributed by atoms with Crippen molar-refractivity contribution in [1.29, 1.82) is 0 Å². The Hall–Kier alpha value is -0.940. The molecule has 0 saturated carbocycles. The van der Waals surface area contributed by atoms with E-state index in [2.05, 4.69) is 0 Å². The Morgan fingerprint density at radius 2 is 1.85 bits per heavy atom. The van der Waals surface area contributed by atoms with E-state index in [1.165, 1.54) is 0 Å². The summed E-state index contributed by atoms with van der Waals surface area (Å²) in [5, 5.41) is 8.95. The molecule has 13 heavy (non-hydrogen) atoms. The third kappa shape index (κ3) is 0.831. The molecule has 2 aliphatic heterocycles. The van der Waals surface area contributed by atoms with Gasteiger partial charge in [0.1, 0.15) is 0 Å². The number of ether oxygens (including phenoxy) is 2. The van der Waals surface area contributed by atoms with Crippen molar-refractivity contribution < 1.29 is 24.2 Å². The standard InChI is InChI=1S/C8H10O5/c9-5-7(1-3-12-7)8(6(10)11)2-4-13-8/h5H,1-4H2,(H,10,11). The van der Waals surface area contributed by atoms with Gasteiger partial charge in [0.05, 0.1) is 13.2 Å². The summed E-state index contributed by atoms with van der Waals surface area (Å²) in [7, 11) is 0. The highest BCUT2D eigenvalue weighted by Crippen LogP contribution is 2.45. The minimum absolute atomic E-state index is 0.348. The SMILES string of the molecule is O=CC1(C2(C(=O)O)CCO2)CCO1. The van der Waals surface area contributed by atoms with E-state index in [0.29, 0.717) is 32.3 Å². The summed E-state index contributed by atoms with van der Waals surface area (Å²) in [5.41, 5.74) is -2.63. The Morgan fingerprint density at radius 3 is 1.92 bits per heavy atom. The van der Waals surface area contributed by atoms with E-state index in [1.54, 1.807) is 0 Å². The molecule has 2 heterocycles. The highest BCUT2D eigenvalue weighted by Gasteiger charge is 2.66. The molecule has 0 aromatic heterocycles. The number of rotatable bonds is 3. The summed E-state index contributed by atoms with van der Waals surface area (Å²) >= 11 is 0. The minimum Gasteiger partial charge on any atom is -0.479 e. The van der Waals surface area contributed by atoms with Gasteiger partial charge in [0.2, 0.25) is 5.60 Å². The molecule has 0 amide bonds. The van der Waals surface area contributed by atoms with Gasteiger partial charge in [-0.2, -0.15) is 0 Å². The van der Waals surface area contributed by atoms with Crippen molar-refractivity contribution in [3.63, 3.8) is 0 Å². The number of aliphatic carboxylic acids is 1. The topological polar surface area (TPSA) is 72.8 Å². The maximum atomic E-state index is 10.9. The van der Waals surface area contributed by atoms with Crippen LogP contribution in [0.15, 0.2) is 0 Å². The van der Waals surface area contributed by atoms with Crippen molar-refractivity contribution in [2.24, 2.45) is 0 Å². The maximum Gasteiger partial charge on any atom is 0.339 e. The number of carboxylic acid groups (broad SMARTS) is 1. The Kier molecular flexibility index (Phi) is 1.68. The molecule has 0 aliphatic carbocycles. The molecule has 2 atom stereocenters. The van der Waals surface area contributed by atoms with Crippen molar-refractivity contribution >= 4 is 12.3 Å². The summed E-state index contributed by atoms with van der Waals surface area (Å²) in [6.07, 6.45) is 1.34. The summed E-state index contributed by atoms with van der Waals surface area (Å²) in [5.74, 6) is -1.11. The second-order valence-corrected chi connectivity index (χ2v) is 3.34. The number of hydrogen-bond acceptors (Lipinski definition) is 4. The molecule has 1 N–H and O–H groups in total. The Morgan fingerprint density at radius 1 is 1.31 bits per heavy atom. The molecule has 5 nitrogen and oxygen atoms in total. The van der Waals surface area contributed by atoms with Crippen LogP contribution in [0.2, 0.25) is 0 Å². The monoisotopic (exact) mass is 186 g/mol. The van der Waals surface area contributed by atoms with E-state index >= 15 is 0 Å². The van der Waals surface area contributed by atoms with Crippen LogP contribution in [0, 0.1) is 0 Å². The summed E-state index contributed by atoms with van der Waals surface area (Å²) < 4.78 is 10.1. The van der Waals surface area contributed by atoms with Crippen molar-refractivity contribution in [2.45, 2.75) is 24.0 Å². The second kappa shape index (κ2) is 2.52. The number of aldehydes is 1. The lowest BCUT2D eigenvalue weighted by Crippen LogP contribution is -2.72. The predicted molar refractivity (Wildman–Crippen MR) is 40.3 cm³/mol. The fourth-order valence-corrected chi connectivity index (χ4v) is 1.82. The van der Waals surface area contributed by atoms with Gasteiger partial charge < -0.3 is 14.6 Å². The molecule has 2 saturated heterocycles. The Balaban J connectivity index is 2.29. The molecule has 72 valence electrons. The average molecular weight is 186 g/mol. The van der Waals surface area contributed by atoms with Crippen molar-refractivity contribution in [2.75, 3.05) is 13.2 Å². The van der Waals surface area contributed by atoms with Crippen molar-refractivity contribution in [3.05, 3.63) is 0 Å². The van der Waals surface area contributed by atoms with Crippen molar-refractivity contribution in [1.82, 2.24) is 0 Å². The first kappa shape index (κ1) is 8.65. The van der Waals surface area contributed by atoms with Crippen LogP contribution in [0.25, 0.3) is 0 Å². The van der Waals surface area contributed by atoms with E-state index in [-0.39, 0.29) is 0 Å². The molecule has 0 radical (unpaired) electrons. The number of carbonyl (C=O) groups excluding carboxylic acids is 1. The van der Waals surface area contributed by atoms with Crippen LogP contribution in [0.1, 0.15) is 12.8 Å². The highest BCUT2D eigenvalue weighted by molar-refractivity contribution is 5.87. The first-order valence-electron chi connectivity index (χ1n) is 4.14. The maximum absolute atomic E-state index is 10.9. The Labute approximate surface area is 74.6 Å². The van der Waals surface area contributed by atoms with Gasteiger partial charge in [0.25, 0.3) is 0 Å². The molecule has 0 bridgehead atoms. The van der Waals surface area contributed by atoms with Crippen LogP contribution in [0.5, 0.6) is 0 Å². The van der Waals surface area contributed by atoms with E-state index in [1.807, 2.05) is 0 Å². The fraction of sp³-hybridized carbons (Fsp3) is 0.750. The minimum atomic E-state index is -1.41. The third-order valence-electron chi connectivity index (χ3n) is 2.86. The van der Waals surface area contributed by atoms with Crippen LogP contribution in [0.3, 0.4) is 0 Å². The molecular formula is C8H10O5. The first-order valence-corrected chi connectivity index (χ1v) is 4.14. The lowest BCUT2D eigenvalue weighted by Gasteiger charge is -2.53. The molecule has 0 aromatic rings. The molecule has 2 rings (SSSR count). The van der Waals surface area contributed by atoms with Gasteiger partial charge in [-0.05, 0) is 0 Å². The number of carbonyl (C=O) groups is 2. The van der Waals surface area contributed by atoms with Gasteiger partial charge in [-0.3, -0.25) is 4.79 Å². The van der Waals surface area contributed by atoms with E-state index in [9.17, 15) is 9.59 Å². The lowest BCUT2D eigenvalue weighted by molar-refractivity contribution is -0.287. The summed E-state index contributed by atoms with van der Waals surface area (Å²) in [4.78, 5) is 21.7. The molecule has 5 heteroatoms. The molecule has 0 spiro atoms. The zero-order valence-electron chi connectivity index (χ0n) is 6.99. The third-order valence-corrected chi connectivity index (χ3v) is 2.86. The van der Waals surface area contributed by atoms with Crippen LogP contribution in [-0.2, 0) is 19.1 Å². The van der Waals surface area contributed by atoms with Gasteiger partial charge in [0, 0.05) is 12.8 Å². The Bertz CT molecular complexity index is 251. The molecular weight excluding hydrogens is 176 g/mol. The van der Waals surface area contributed by atoms with E-state index in [0.717, 1.165) is 0 Å². The van der Waals surface area contributed by atoms with Gasteiger partial charge >= 0.3 is 5.97 Å². The fourth-order valence-electron chi connectivity index (χ4n) is 1.82. The largest absolute Gasteiger partial charge is 0.479 e. The zero-order valence-corrected chi connectivity index (χ0v) is 6.99. The molecule has 2 unspecified atom stereocenters. The molecule has 0 aromatic carbocycles. The van der Waals surface area contributed by atoms with E-state index in [4.69, 9.17) is 14.6 Å². The van der Waals surface area contributed by atoms with Crippen molar-refractivity contribution in [3.8, 4) is 0 Å². The van der Waals surface area contributed by atoms with Crippen LogP contribution in [0.4, 0.5) is 0 Å². The number of hydrogen-bond donors (Lipinski definition) is 1. The molecule has 2 aliphatic rings. The lowest BCUT2D eigenvalue weighted by atomic mass is 9.73. The first-order chi connectivity index (χ1) is 6.17. The quantitative estimate of drug-likeness (QED) is 0.606.